The van der Waals surface area contributed by atoms with Gasteiger partial charge >= 0.3 is 5.97 Å². The highest BCUT2D eigenvalue weighted by Gasteiger charge is 2.38. The number of nitrogens with one attached hydrogen (secondary N) is 1. The van der Waals surface area contributed by atoms with Crippen molar-refractivity contribution in [1.29, 1.82) is 0 Å². The van der Waals surface area contributed by atoms with E-state index in [1.54, 1.807) is 0 Å². The first-order valence-electron chi connectivity index (χ1n) is 3.99. The number of carboxylic acids is 1. The third-order valence-electron chi connectivity index (χ3n) is 2.01. The molecule has 2 N–H and O–H groups in total. The van der Waals surface area contributed by atoms with Gasteiger partial charge < -0.3 is 10.4 Å². The maximum Gasteiger partial charge on any atom is 0.318 e. The van der Waals surface area contributed by atoms with Crippen LogP contribution in [0.1, 0.15) is 26.7 Å². The molecule has 0 aromatic rings. The Hall–Kier alpha value is -1.06. The Morgan fingerprint density at radius 2 is 1.92 bits per heavy atom. The molecule has 0 saturated heterocycles. The minimum Gasteiger partial charge on any atom is -0.480 e. The molecule has 0 bridgehead atoms. The van der Waals surface area contributed by atoms with Crippen molar-refractivity contribution < 1.29 is 14.7 Å². The van der Waals surface area contributed by atoms with Crippen molar-refractivity contribution in [3.63, 3.8) is 0 Å². The zero-order valence-electron chi connectivity index (χ0n) is 7.26. The smallest absolute Gasteiger partial charge is 0.318 e. The highest BCUT2D eigenvalue weighted by Crippen LogP contribution is 2.22. The fraction of sp³-hybridized carbons (Fsp3) is 0.750. The molecule has 1 amide bonds. The zero-order chi connectivity index (χ0) is 9.35. The molecular weight excluding hydrogens is 158 g/mol. The van der Waals surface area contributed by atoms with E-state index in [1.807, 2.05) is 0 Å². The lowest BCUT2D eigenvalue weighted by Crippen LogP contribution is -2.43. The van der Waals surface area contributed by atoms with Crippen LogP contribution < -0.4 is 5.32 Å². The molecule has 1 rings (SSSR count). The Morgan fingerprint density at radius 1 is 1.42 bits per heavy atom. The van der Waals surface area contributed by atoms with Gasteiger partial charge in [0.25, 0.3) is 0 Å². The van der Waals surface area contributed by atoms with Gasteiger partial charge in [-0.3, -0.25) is 9.59 Å². The summed E-state index contributed by atoms with van der Waals surface area (Å²) in [5.74, 6) is -1.47. The fourth-order valence-electron chi connectivity index (χ4n) is 0.691. The molecule has 1 aliphatic rings. The molecule has 12 heavy (non-hydrogen) atoms. The first kappa shape index (κ1) is 9.03. The lowest BCUT2D eigenvalue weighted by molar-refractivity contribution is -0.153. The van der Waals surface area contributed by atoms with Crippen molar-refractivity contribution in [2.24, 2.45) is 5.41 Å². The Kier molecular flexibility index (Phi) is 2.08. The van der Waals surface area contributed by atoms with Crippen molar-refractivity contribution in [3.8, 4) is 0 Å². The van der Waals surface area contributed by atoms with E-state index in [9.17, 15) is 9.59 Å². The molecule has 4 nitrogen and oxygen atoms in total. The van der Waals surface area contributed by atoms with Crippen molar-refractivity contribution in [3.05, 3.63) is 0 Å². The summed E-state index contributed by atoms with van der Waals surface area (Å²) in [6, 6.07) is 0.219. The molecular formula is C8H13NO3. The summed E-state index contributed by atoms with van der Waals surface area (Å²) in [6.45, 7) is 2.82. The normalized spacial score (nSPS) is 17.2. The highest BCUT2D eigenvalue weighted by atomic mass is 16.4. The van der Waals surface area contributed by atoms with Gasteiger partial charge in [-0.25, -0.2) is 0 Å². The predicted octanol–water partition coefficient (Wildman–Crippen LogP) is 0.376. The number of hydrogen-bond donors (Lipinski definition) is 2. The van der Waals surface area contributed by atoms with Crippen LogP contribution in [-0.4, -0.2) is 23.0 Å². The summed E-state index contributed by atoms with van der Waals surface area (Å²) < 4.78 is 0. The fourth-order valence-corrected chi connectivity index (χ4v) is 0.691. The van der Waals surface area contributed by atoms with Gasteiger partial charge in [0.2, 0.25) is 5.91 Å². The van der Waals surface area contributed by atoms with Crippen LogP contribution in [0.4, 0.5) is 0 Å². The van der Waals surface area contributed by atoms with Crippen LogP contribution in [0.2, 0.25) is 0 Å². The molecule has 1 fully saturated rings. The molecule has 0 spiro atoms. The lowest BCUT2D eigenvalue weighted by atomic mass is 9.93. The minimum absolute atomic E-state index is 0.219. The van der Waals surface area contributed by atoms with E-state index in [4.69, 9.17) is 5.11 Å². The second-order valence-corrected chi connectivity index (χ2v) is 3.68. The van der Waals surface area contributed by atoms with E-state index in [0.717, 1.165) is 12.8 Å². The second-order valence-electron chi connectivity index (χ2n) is 3.68. The SMILES string of the molecule is CC(C)(C(=O)O)C(=O)NC1CC1. The van der Waals surface area contributed by atoms with Gasteiger partial charge in [-0.15, -0.1) is 0 Å². The van der Waals surface area contributed by atoms with Crippen LogP contribution in [0.25, 0.3) is 0 Å². The van der Waals surface area contributed by atoms with E-state index in [0.29, 0.717) is 0 Å². The Balaban J connectivity index is 2.53. The largest absolute Gasteiger partial charge is 0.480 e. The molecule has 0 heterocycles. The van der Waals surface area contributed by atoms with Crippen LogP contribution in [0.3, 0.4) is 0 Å². The second kappa shape index (κ2) is 2.77. The summed E-state index contributed by atoms with van der Waals surface area (Å²) in [5, 5.41) is 11.3. The predicted molar refractivity (Wildman–Crippen MR) is 42.6 cm³/mol. The molecule has 0 atom stereocenters. The number of carbonyl (C=O) groups is 2. The number of hydrogen-bond acceptors (Lipinski definition) is 2. The summed E-state index contributed by atoms with van der Waals surface area (Å²) in [5.41, 5.74) is -1.30. The van der Waals surface area contributed by atoms with Gasteiger partial charge in [0.05, 0.1) is 0 Å². The van der Waals surface area contributed by atoms with Crippen LogP contribution in [0, 0.1) is 5.41 Å². The monoisotopic (exact) mass is 171 g/mol. The topological polar surface area (TPSA) is 66.4 Å². The maximum absolute atomic E-state index is 11.3. The third-order valence-corrected chi connectivity index (χ3v) is 2.01. The van der Waals surface area contributed by atoms with E-state index in [-0.39, 0.29) is 6.04 Å². The lowest BCUT2D eigenvalue weighted by Gasteiger charge is -2.17. The summed E-state index contributed by atoms with van der Waals surface area (Å²) in [4.78, 5) is 21.9. The molecule has 4 heteroatoms. The summed E-state index contributed by atoms with van der Waals surface area (Å²) >= 11 is 0. The van der Waals surface area contributed by atoms with Crippen LogP contribution in [0.15, 0.2) is 0 Å². The Morgan fingerprint density at radius 3 is 2.25 bits per heavy atom. The van der Waals surface area contributed by atoms with Crippen LogP contribution in [0.5, 0.6) is 0 Å². The molecule has 1 aliphatic carbocycles. The highest BCUT2D eigenvalue weighted by molar-refractivity contribution is 6.01. The van der Waals surface area contributed by atoms with Crippen molar-refractivity contribution in [2.45, 2.75) is 32.7 Å². The van der Waals surface area contributed by atoms with Gasteiger partial charge in [0, 0.05) is 6.04 Å². The van der Waals surface area contributed by atoms with E-state index in [2.05, 4.69) is 5.32 Å². The maximum atomic E-state index is 11.3. The first-order chi connectivity index (χ1) is 5.44. The Labute approximate surface area is 71.0 Å². The Bertz CT molecular complexity index is 218. The average Bonchev–Trinajstić information content (AvgIpc) is 2.71. The molecule has 0 radical (unpaired) electrons. The van der Waals surface area contributed by atoms with Gasteiger partial charge in [-0.2, -0.15) is 0 Å². The standard InChI is InChI=1S/C8H13NO3/c1-8(2,7(11)12)6(10)9-5-3-4-5/h5H,3-4H2,1-2H3,(H,9,10)(H,11,12). The van der Waals surface area contributed by atoms with Gasteiger partial charge in [0.15, 0.2) is 0 Å². The van der Waals surface area contributed by atoms with Gasteiger partial charge in [0.1, 0.15) is 5.41 Å². The van der Waals surface area contributed by atoms with Crippen LogP contribution >= 0.6 is 0 Å². The van der Waals surface area contributed by atoms with Crippen molar-refractivity contribution in [1.82, 2.24) is 5.32 Å². The van der Waals surface area contributed by atoms with Gasteiger partial charge in [-0.1, -0.05) is 0 Å². The average molecular weight is 171 g/mol. The number of carbonyl (C=O) groups excluding carboxylic acids is 1. The molecule has 0 unspecified atom stereocenters. The molecule has 0 aromatic carbocycles. The third kappa shape index (κ3) is 1.75. The van der Waals surface area contributed by atoms with Crippen molar-refractivity contribution >= 4 is 11.9 Å². The summed E-state index contributed by atoms with van der Waals surface area (Å²) in [6.07, 6.45) is 1.95. The number of amides is 1. The minimum atomic E-state index is -1.30. The molecule has 1 saturated carbocycles. The zero-order valence-corrected chi connectivity index (χ0v) is 7.26. The van der Waals surface area contributed by atoms with E-state index < -0.39 is 17.3 Å². The number of rotatable bonds is 3. The first-order valence-corrected chi connectivity index (χ1v) is 3.99. The molecule has 68 valence electrons. The number of carboxylic acid groups (broad SMARTS) is 1. The van der Waals surface area contributed by atoms with E-state index >= 15 is 0 Å². The quantitative estimate of drug-likeness (QED) is 0.603. The van der Waals surface area contributed by atoms with E-state index in [1.165, 1.54) is 13.8 Å². The van der Waals surface area contributed by atoms with Crippen molar-refractivity contribution in [2.75, 3.05) is 0 Å². The molecule has 0 aromatic heterocycles. The molecule has 0 aliphatic heterocycles. The summed E-state index contributed by atoms with van der Waals surface area (Å²) in [7, 11) is 0. The van der Waals surface area contributed by atoms with Gasteiger partial charge in [-0.05, 0) is 26.7 Å². The van der Waals surface area contributed by atoms with Crippen LogP contribution in [-0.2, 0) is 9.59 Å². The number of aliphatic carboxylic acids is 1.